The Morgan fingerprint density at radius 2 is 1.52 bits per heavy atom. The van der Waals surface area contributed by atoms with Crippen LogP contribution in [-0.4, -0.2) is 21.4 Å². The van der Waals surface area contributed by atoms with E-state index in [4.69, 9.17) is 13.9 Å². The molecule has 0 spiro atoms. The Kier molecular flexibility index (Phi) is 6.46. The second-order valence-corrected chi connectivity index (χ2v) is 9.06. The van der Waals surface area contributed by atoms with Crippen LogP contribution < -0.4 is 14.8 Å². The van der Waals surface area contributed by atoms with E-state index < -0.39 is 15.7 Å². The second-order valence-electron chi connectivity index (χ2n) is 7.07. The Morgan fingerprint density at radius 1 is 0.848 bits per heavy atom. The normalized spacial score (nSPS) is 11.1. The molecule has 8 heteroatoms. The highest BCUT2D eigenvalue weighted by atomic mass is 32.2. The molecule has 1 heterocycles. The van der Waals surface area contributed by atoms with E-state index in [1.54, 1.807) is 61.7 Å². The number of furan rings is 1. The number of sulfone groups is 1. The van der Waals surface area contributed by atoms with Gasteiger partial charge in [0, 0.05) is 5.69 Å². The fraction of sp³-hybridized carbons (Fsp3) is 0.0800. The van der Waals surface area contributed by atoms with E-state index in [9.17, 15) is 13.2 Å². The van der Waals surface area contributed by atoms with Crippen LogP contribution >= 0.6 is 0 Å². The van der Waals surface area contributed by atoms with Gasteiger partial charge in [0.2, 0.25) is 0 Å². The number of benzene rings is 3. The first kappa shape index (κ1) is 22.2. The van der Waals surface area contributed by atoms with Crippen LogP contribution in [0.2, 0.25) is 0 Å². The molecule has 7 nitrogen and oxygen atoms in total. The van der Waals surface area contributed by atoms with Gasteiger partial charge in [0.25, 0.3) is 5.91 Å². The third kappa shape index (κ3) is 5.42. The minimum Gasteiger partial charge on any atom is -0.493 e. The number of carbonyl (C=O) groups is 1. The lowest BCUT2D eigenvalue weighted by atomic mass is 10.3. The van der Waals surface area contributed by atoms with Crippen molar-refractivity contribution in [2.24, 2.45) is 0 Å². The molecule has 0 saturated heterocycles. The molecular weight excluding hydrogens is 442 g/mol. The summed E-state index contributed by atoms with van der Waals surface area (Å²) in [5.41, 5.74) is 0.530. The van der Waals surface area contributed by atoms with Gasteiger partial charge in [-0.3, -0.25) is 4.79 Å². The summed E-state index contributed by atoms with van der Waals surface area (Å²) in [5.74, 6) is 1.13. The van der Waals surface area contributed by atoms with Crippen molar-refractivity contribution in [3.63, 3.8) is 0 Å². The van der Waals surface area contributed by atoms with Crippen molar-refractivity contribution >= 4 is 21.4 Å². The van der Waals surface area contributed by atoms with Gasteiger partial charge in [-0.15, -0.1) is 0 Å². The van der Waals surface area contributed by atoms with Crippen LogP contribution in [0.25, 0.3) is 0 Å². The van der Waals surface area contributed by atoms with Crippen LogP contribution in [0.5, 0.6) is 17.2 Å². The van der Waals surface area contributed by atoms with Gasteiger partial charge >= 0.3 is 0 Å². The Morgan fingerprint density at radius 3 is 2.21 bits per heavy atom. The highest BCUT2D eigenvalue weighted by Crippen LogP contribution is 2.31. The van der Waals surface area contributed by atoms with Crippen LogP contribution in [0.4, 0.5) is 5.69 Å². The van der Waals surface area contributed by atoms with Crippen molar-refractivity contribution in [1.29, 1.82) is 0 Å². The first-order valence-corrected chi connectivity index (χ1v) is 11.7. The monoisotopic (exact) mass is 463 g/mol. The number of para-hydroxylation sites is 2. The lowest BCUT2D eigenvalue weighted by Crippen LogP contribution is -2.10. The highest BCUT2D eigenvalue weighted by Gasteiger charge is 2.19. The van der Waals surface area contributed by atoms with Crippen molar-refractivity contribution in [3.05, 3.63) is 103 Å². The van der Waals surface area contributed by atoms with Crippen LogP contribution in [0, 0.1) is 0 Å². The molecule has 0 bridgehead atoms. The molecule has 4 rings (SSSR count). The minimum absolute atomic E-state index is 0.0163. The van der Waals surface area contributed by atoms with Crippen molar-refractivity contribution in [2.45, 2.75) is 10.6 Å². The number of hydrogen-bond acceptors (Lipinski definition) is 6. The van der Waals surface area contributed by atoms with Crippen molar-refractivity contribution in [2.75, 3.05) is 12.4 Å². The smallest absolute Gasteiger partial charge is 0.291 e. The Hall–Kier alpha value is -4.04. The molecule has 168 valence electrons. The number of ether oxygens (including phenoxy) is 2. The number of carbonyl (C=O) groups excluding carboxylic acids is 1. The fourth-order valence-electron chi connectivity index (χ4n) is 3.11. The summed E-state index contributed by atoms with van der Waals surface area (Å²) in [6, 6.07) is 25.1. The molecule has 0 atom stereocenters. The van der Waals surface area contributed by atoms with Gasteiger partial charge in [-0.05, 0) is 60.7 Å². The van der Waals surface area contributed by atoms with E-state index in [1.807, 2.05) is 12.1 Å². The maximum absolute atomic E-state index is 12.5. The third-order valence-electron chi connectivity index (χ3n) is 4.73. The number of amides is 1. The van der Waals surface area contributed by atoms with E-state index in [1.165, 1.54) is 24.3 Å². The summed E-state index contributed by atoms with van der Waals surface area (Å²) in [5, 5.41) is 2.72. The van der Waals surface area contributed by atoms with E-state index in [0.717, 1.165) is 0 Å². The van der Waals surface area contributed by atoms with Crippen molar-refractivity contribution in [1.82, 2.24) is 0 Å². The molecule has 1 amide bonds. The average molecular weight is 464 g/mol. The molecule has 0 unspecified atom stereocenters. The largest absolute Gasteiger partial charge is 0.493 e. The van der Waals surface area contributed by atoms with Gasteiger partial charge in [-0.2, -0.15) is 0 Å². The van der Waals surface area contributed by atoms with Gasteiger partial charge < -0.3 is 19.2 Å². The highest BCUT2D eigenvalue weighted by molar-refractivity contribution is 7.90. The molecule has 1 aromatic heterocycles. The van der Waals surface area contributed by atoms with E-state index in [0.29, 0.717) is 22.9 Å². The third-order valence-corrected chi connectivity index (χ3v) is 6.38. The molecule has 1 N–H and O–H groups in total. The molecule has 33 heavy (non-hydrogen) atoms. The Balaban J connectivity index is 1.39. The summed E-state index contributed by atoms with van der Waals surface area (Å²) in [6.07, 6.45) is 0. The van der Waals surface area contributed by atoms with Gasteiger partial charge in [-0.1, -0.05) is 30.3 Å². The molecule has 0 aliphatic rings. The zero-order valence-corrected chi connectivity index (χ0v) is 18.5. The zero-order chi connectivity index (χ0) is 23.3. The first-order valence-electron chi connectivity index (χ1n) is 10.0. The average Bonchev–Trinajstić information content (AvgIpc) is 3.29. The van der Waals surface area contributed by atoms with Gasteiger partial charge in [0.15, 0.2) is 27.1 Å². The van der Waals surface area contributed by atoms with Crippen LogP contribution in [0.1, 0.15) is 16.3 Å². The molecule has 0 aliphatic heterocycles. The molecule has 0 saturated carbocycles. The van der Waals surface area contributed by atoms with E-state index in [2.05, 4.69) is 5.32 Å². The topological polar surface area (TPSA) is 94.8 Å². The van der Waals surface area contributed by atoms with Crippen molar-refractivity contribution in [3.8, 4) is 17.2 Å². The van der Waals surface area contributed by atoms with Crippen molar-refractivity contribution < 1.29 is 27.1 Å². The molecule has 4 aromatic rings. The Bertz CT molecular complexity index is 1350. The molecule has 3 aromatic carbocycles. The Labute approximate surface area is 191 Å². The van der Waals surface area contributed by atoms with Gasteiger partial charge in [0.05, 0.1) is 12.0 Å². The molecule has 0 radical (unpaired) electrons. The summed E-state index contributed by atoms with van der Waals surface area (Å²) < 4.78 is 41.6. The number of methoxy groups -OCH3 is 1. The summed E-state index contributed by atoms with van der Waals surface area (Å²) in [6.45, 7) is 0. The molecule has 0 aliphatic carbocycles. The number of rotatable bonds is 8. The van der Waals surface area contributed by atoms with Gasteiger partial charge in [-0.25, -0.2) is 8.42 Å². The number of hydrogen-bond donors (Lipinski definition) is 1. The van der Waals surface area contributed by atoms with E-state index in [-0.39, 0.29) is 22.2 Å². The molecular formula is C25H21NO6S. The standard InChI is InChI=1S/C25H21NO6S/c1-30-22-9-5-6-10-23(22)31-19-13-11-18(12-14-19)26-25(27)24-16-15-20(32-24)17-33(28,29)21-7-3-2-4-8-21/h2-16H,17H2,1H3,(H,26,27). The molecule has 0 fully saturated rings. The lowest BCUT2D eigenvalue weighted by Gasteiger charge is -2.10. The second kappa shape index (κ2) is 9.62. The quantitative estimate of drug-likeness (QED) is 0.381. The summed E-state index contributed by atoms with van der Waals surface area (Å²) >= 11 is 0. The van der Waals surface area contributed by atoms with Crippen LogP contribution in [0.15, 0.2) is 100 Å². The maximum Gasteiger partial charge on any atom is 0.291 e. The minimum atomic E-state index is -3.57. The summed E-state index contributed by atoms with van der Waals surface area (Å²) in [7, 11) is -2.00. The zero-order valence-electron chi connectivity index (χ0n) is 17.7. The maximum atomic E-state index is 12.5. The first-order chi connectivity index (χ1) is 15.9. The predicted molar refractivity (Wildman–Crippen MR) is 124 cm³/mol. The summed E-state index contributed by atoms with van der Waals surface area (Å²) in [4.78, 5) is 12.7. The fourth-order valence-corrected chi connectivity index (χ4v) is 4.37. The predicted octanol–water partition coefficient (Wildman–Crippen LogP) is 5.31. The van der Waals surface area contributed by atoms with E-state index >= 15 is 0 Å². The number of anilines is 1. The lowest BCUT2D eigenvalue weighted by molar-refractivity contribution is 0.0995. The SMILES string of the molecule is COc1ccccc1Oc1ccc(NC(=O)c2ccc(CS(=O)(=O)c3ccccc3)o2)cc1. The number of nitrogens with one attached hydrogen (secondary N) is 1. The van der Waals surface area contributed by atoms with Gasteiger partial charge in [0.1, 0.15) is 17.3 Å². The van der Waals surface area contributed by atoms with Crippen LogP contribution in [-0.2, 0) is 15.6 Å². The van der Waals surface area contributed by atoms with Crippen LogP contribution in [0.3, 0.4) is 0 Å².